The van der Waals surface area contributed by atoms with E-state index in [0.29, 0.717) is 31.6 Å². The van der Waals surface area contributed by atoms with Gasteiger partial charge in [-0.3, -0.25) is 4.79 Å². The second kappa shape index (κ2) is 5.84. The van der Waals surface area contributed by atoms with Gasteiger partial charge in [0, 0.05) is 6.42 Å². The van der Waals surface area contributed by atoms with E-state index in [1.807, 2.05) is 6.92 Å². The smallest absolute Gasteiger partial charge is 0.329 e. The van der Waals surface area contributed by atoms with Crippen molar-refractivity contribution in [2.45, 2.75) is 51.0 Å². The predicted molar refractivity (Wildman–Crippen MR) is 65.6 cm³/mol. The Morgan fingerprint density at radius 1 is 1.59 bits per heavy atom. The Morgan fingerprint density at radius 3 is 2.82 bits per heavy atom. The van der Waals surface area contributed by atoms with E-state index >= 15 is 0 Å². The SMILES string of the molecule is C=CCCC(=O)NC1(C(=O)O)CCCC(C)C1. The Labute approximate surface area is 102 Å². The first-order valence-corrected chi connectivity index (χ1v) is 6.15. The summed E-state index contributed by atoms with van der Waals surface area (Å²) in [6.07, 6.45) is 5.52. The summed E-state index contributed by atoms with van der Waals surface area (Å²) >= 11 is 0. The Bertz CT molecular complexity index is 314. The van der Waals surface area contributed by atoms with Crippen LogP contribution in [0, 0.1) is 5.92 Å². The summed E-state index contributed by atoms with van der Waals surface area (Å²) in [6, 6.07) is 0. The van der Waals surface area contributed by atoms with Crippen LogP contribution in [0.3, 0.4) is 0 Å². The van der Waals surface area contributed by atoms with Crippen molar-refractivity contribution in [1.29, 1.82) is 0 Å². The molecular weight excluding hydrogens is 218 g/mol. The van der Waals surface area contributed by atoms with Crippen LogP contribution in [0.1, 0.15) is 45.4 Å². The highest BCUT2D eigenvalue weighted by Gasteiger charge is 2.42. The summed E-state index contributed by atoms with van der Waals surface area (Å²) in [5.74, 6) is -0.753. The maximum absolute atomic E-state index is 11.7. The van der Waals surface area contributed by atoms with Crippen LogP contribution in [-0.2, 0) is 9.59 Å². The van der Waals surface area contributed by atoms with Crippen LogP contribution in [0.5, 0.6) is 0 Å². The standard InChI is InChI=1S/C13H21NO3/c1-3-4-7-11(15)14-13(12(16)17)8-5-6-10(2)9-13/h3,10H,1,4-9H2,2H3,(H,14,15)(H,16,17). The molecule has 0 spiro atoms. The Balaban J connectivity index is 2.68. The Morgan fingerprint density at radius 2 is 2.29 bits per heavy atom. The predicted octanol–water partition coefficient (Wildman–Crippen LogP) is 2.10. The van der Waals surface area contributed by atoms with Crippen molar-refractivity contribution in [3.8, 4) is 0 Å². The van der Waals surface area contributed by atoms with Crippen LogP contribution >= 0.6 is 0 Å². The molecular formula is C13H21NO3. The summed E-state index contributed by atoms with van der Waals surface area (Å²) in [6.45, 7) is 5.58. The second-order valence-corrected chi connectivity index (χ2v) is 4.96. The largest absolute Gasteiger partial charge is 0.480 e. The first-order valence-electron chi connectivity index (χ1n) is 6.15. The number of carboxylic acid groups (broad SMARTS) is 1. The number of rotatable bonds is 5. The average molecular weight is 239 g/mol. The molecule has 2 N–H and O–H groups in total. The molecule has 1 fully saturated rings. The molecule has 17 heavy (non-hydrogen) atoms. The van der Waals surface area contributed by atoms with Gasteiger partial charge in [0.15, 0.2) is 0 Å². The van der Waals surface area contributed by atoms with Crippen LogP contribution < -0.4 is 5.32 Å². The van der Waals surface area contributed by atoms with Gasteiger partial charge in [-0.1, -0.05) is 25.8 Å². The van der Waals surface area contributed by atoms with Crippen LogP contribution in [0.25, 0.3) is 0 Å². The number of amides is 1. The van der Waals surface area contributed by atoms with Gasteiger partial charge in [-0.05, 0) is 25.2 Å². The lowest BCUT2D eigenvalue weighted by molar-refractivity contribution is -0.150. The number of carbonyl (C=O) groups is 2. The fraction of sp³-hybridized carbons (Fsp3) is 0.692. The van der Waals surface area contributed by atoms with Crippen molar-refractivity contribution in [3.63, 3.8) is 0 Å². The molecule has 0 heterocycles. The molecule has 2 unspecified atom stereocenters. The quantitative estimate of drug-likeness (QED) is 0.722. The lowest BCUT2D eigenvalue weighted by Gasteiger charge is -2.37. The molecule has 0 aliphatic heterocycles. The van der Waals surface area contributed by atoms with Gasteiger partial charge >= 0.3 is 5.97 Å². The molecule has 0 saturated heterocycles. The number of carboxylic acids is 1. The molecule has 1 amide bonds. The highest BCUT2D eigenvalue weighted by molar-refractivity contribution is 5.87. The fourth-order valence-electron chi connectivity index (χ4n) is 2.48. The van der Waals surface area contributed by atoms with Crippen molar-refractivity contribution in [1.82, 2.24) is 5.32 Å². The molecule has 0 aromatic carbocycles. The van der Waals surface area contributed by atoms with Crippen LogP contribution in [0.15, 0.2) is 12.7 Å². The van der Waals surface area contributed by atoms with Gasteiger partial charge in [0.2, 0.25) is 5.91 Å². The first kappa shape index (κ1) is 13.7. The molecule has 4 heteroatoms. The molecule has 0 aromatic rings. The summed E-state index contributed by atoms with van der Waals surface area (Å²) in [5.41, 5.74) is -1.05. The van der Waals surface area contributed by atoms with Crippen LogP contribution in [0.2, 0.25) is 0 Å². The highest BCUT2D eigenvalue weighted by atomic mass is 16.4. The average Bonchev–Trinajstić information content (AvgIpc) is 2.26. The third-order valence-electron chi connectivity index (χ3n) is 3.36. The molecule has 96 valence electrons. The number of hydrogen-bond acceptors (Lipinski definition) is 2. The van der Waals surface area contributed by atoms with Gasteiger partial charge in [-0.25, -0.2) is 4.79 Å². The van der Waals surface area contributed by atoms with Gasteiger partial charge < -0.3 is 10.4 Å². The Kier molecular flexibility index (Phi) is 4.73. The number of hydrogen-bond donors (Lipinski definition) is 2. The van der Waals surface area contributed by atoms with E-state index in [2.05, 4.69) is 11.9 Å². The number of nitrogens with one attached hydrogen (secondary N) is 1. The van der Waals surface area contributed by atoms with E-state index < -0.39 is 11.5 Å². The van der Waals surface area contributed by atoms with Crippen molar-refractivity contribution >= 4 is 11.9 Å². The lowest BCUT2D eigenvalue weighted by Crippen LogP contribution is -2.56. The van der Waals surface area contributed by atoms with Gasteiger partial charge in [0.1, 0.15) is 5.54 Å². The first-order chi connectivity index (χ1) is 8.00. The molecule has 0 radical (unpaired) electrons. The molecule has 0 bridgehead atoms. The normalized spacial score (nSPS) is 28.4. The zero-order valence-electron chi connectivity index (χ0n) is 10.4. The zero-order chi connectivity index (χ0) is 12.9. The maximum Gasteiger partial charge on any atom is 0.329 e. The molecule has 2 atom stereocenters. The van der Waals surface area contributed by atoms with Crippen molar-refractivity contribution in [3.05, 3.63) is 12.7 Å². The van der Waals surface area contributed by atoms with Gasteiger partial charge in [0.05, 0.1) is 0 Å². The van der Waals surface area contributed by atoms with Gasteiger partial charge in [-0.2, -0.15) is 0 Å². The van der Waals surface area contributed by atoms with Gasteiger partial charge in [-0.15, -0.1) is 6.58 Å². The van der Waals surface area contributed by atoms with Crippen molar-refractivity contribution < 1.29 is 14.7 Å². The number of allylic oxidation sites excluding steroid dienone is 1. The third kappa shape index (κ3) is 3.58. The second-order valence-electron chi connectivity index (χ2n) is 4.96. The molecule has 1 rings (SSSR count). The molecule has 4 nitrogen and oxygen atoms in total. The maximum atomic E-state index is 11.7. The van der Waals surface area contributed by atoms with E-state index in [1.54, 1.807) is 6.08 Å². The number of carbonyl (C=O) groups excluding carboxylic acids is 1. The molecule has 1 aliphatic rings. The Hall–Kier alpha value is -1.32. The van der Waals surface area contributed by atoms with E-state index in [9.17, 15) is 14.7 Å². The van der Waals surface area contributed by atoms with Crippen molar-refractivity contribution in [2.24, 2.45) is 5.92 Å². The lowest BCUT2D eigenvalue weighted by atomic mass is 9.76. The van der Waals surface area contributed by atoms with E-state index in [-0.39, 0.29) is 5.91 Å². The van der Waals surface area contributed by atoms with Crippen LogP contribution in [0.4, 0.5) is 0 Å². The number of aliphatic carboxylic acids is 1. The molecule has 1 aliphatic carbocycles. The summed E-state index contributed by atoms with van der Waals surface area (Å²) < 4.78 is 0. The van der Waals surface area contributed by atoms with E-state index in [0.717, 1.165) is 12.8 Å². The monoisotopic (exact) mass is 239 g/mol. The molecule has 0 aromatic heterocycles. The van der Waals surface area contributed by atoms with Crippen molar-refractivity contribution in [2.75, 3.05) is 0 Å². The van der Waals surface area contributed by atoms with E-state index in [4.69, 9.17) is 0 Å². The highest BCUT2D eigenvalue weighted by Crippen LogP contribution is 2.32. The minimum atomic E-state index is -1.05. The van der Waals surface area contributed by atoms with Gasteiger partial charge in [0.25, 0.3) is 0 Å². The third-order valence-corrected chi connectivity index (χ3v) is 3.36. The molecule has 1 saturated carbocycles. The minimum absolute atomic E-state index is 0.193. The summed E-state index contributed by atoms with van der Waals surface area (Å²) in [4.78, 5) is 23.1. The minimum Gasteiger partial charge on any atom is -0.480 e. The van der Waals surface area contributed by atoms with Crippen LogP contribution in [-0.4, -0.2) is 22.5 Å². The summed E-state index contributed by atoms with van der Waals surface area (Å²) in [5, 5.41) is 12.1. The zero-order valence-corrected chi connectivity index (χ0v) is 10.4. The topological polar surface area (TPSA) is 66.4 Å². The summed E-state index contributed by atoms with van der Waals surface area (Å²) in [7, 11) is 0. The fourth-order valence-corrected chi connectivity index (χ4v) is 2.48. The van der Waals surface area contributed by atoms with E-state index in [1.165, 1.54) is 0 Å².